The second-order valence-corrected chi connectivity index (χ2v) is 3.98. The lowest BCUT2D eigenvalue weighted by molar-refractivity contribution is 0.510. The molecule has 0 amide bonds. The zero-order chi connectivity index (χ0) is 8.81. The molecule has 0 bridgehead atoms. The molecule has 0 fully saturated rings. The van der Waals surface area contributed by atoms with Crippen LogP contribution in [0.4, 0.5) is 0 Å². The molecule has 1 aromatic heterocycles. The van der Waals surface area contributed by atoms with Crippen LogP contribution in [0.15, 0.2) is 17.5 Å². The lowest BCUT2D eigenvalue weighted by atomic mass is 10.1. The van der Waals surface area contributed by atoms with Crippen molar-refractivity contribution in [3.63, 3.8) is 0 Å². The van der Waals surface area contributed by atoms with Crippen molar-refractivity contribution in [2.45, 2.75) is 6.42 Å². The third-order valence-electron chi connectivity index (χ3n) is 1.90. The van der Waals surface area contributed by atoms with Gasteiger partial charge in [-0.1, -0.05) is 6.07 Å². The molecule has 0 aliphatic carbocycles. The summed E-state index contributed by atoms with van der Waals surface area (Å²) in [6.07, 6.45) is 1.11. The highest BCUT2D eigenvalue weighted by Crippen LogP contribution is 2.13. The van der Waals surface area contributed by atoms with Crippen molar-refractivity contribution >= 4 is 11.3 Å². The maximum Gasteiger partial charge on any atom is 0.00489 e. The van der Waals surface area contributed by atoms with Gasteiger partial charge in [0, 0.05) is 4.88 Å². The highest BCUT2D eigenvalue weighted by molar-refractivity contribution is 7.09. The molecule has 3 heteroatoms. The first kappa shape index (κ1) is 9.71. The van der Waals surface area contributed by atoms with Gasteiger partial charge in [-0.15, -0.1) is 11.3 Å². The Morgan fingerprint density at radius 1 is 1.67 bits per heavy atom. The van der Waals surface area contributed by atoms with Crippen LogP contribution in [0.3, 0.4) is 0 Å². The number of hydrogen-bond donors (Lipinski definition) is 2. The largest absolute Gasteiger partial charge is 0.330 e. The van der Waals surface area contributed by atoms with E-state index in [9.17, 15) is 0 Å². The van der Waals surface area contributed by atoms with E-state index in [-0.39, 0.29) is 0 Å². The van der Waals surface area contributed by atoms with Gasteiger partial charge >= 0.3 is 0 Å². The van der Waals surface area contributed by atoms with Gasteiger partial charge in [-0.05, 0) is 43.9 Å². The van der Waals surface area contributed by atoms with Crippen molar-refractivity contribution in [3.05, 3.63) is 22.4 Å². The van der Waals surface area contributed by atoms with Crippen molar-refractivity contribution < 1.29 is 0 Å². The normalized spacial score (nSPS) is 13.2. The molecule has 3 N–H and O–H groups in total. The fourth-order valence-corrected chi connectivity index (χ4v) is 2.06. The predicted octanol–water partition coefficient (Wildman–Crippen LogP) is 1.08. The van der Waals surface area contributed by atoms with Crippen LogP contribution >= 0.6 is 11.3 Å². The van der Waals surface area contributed by atoms with Crippen molar-refractivity contribution in [3.8, 4) is 0 Å². The summed E-state index contributed by atoms with van der Waals surface area (Å²) in [6, 6.07) is 4.26. The van der Waals surface area contributed by atoms with Gasteiger partial charge in [-0.25, -0.2) is 0 Å². The summed E-state index contributed by atoms with van der Waals surface area (Å²) in [7, 11) is 1.97. The molecule has 0 saturated carbocycles. The second-order valence-electron chi connectivity index (χ2n) is 2.94. The van der Waals surface area contributed by atoms with E-state index in [0.29, 0.717) is 5.92 Å². The van der Waals surface area contributed by atoms with E-state index >= 15 is 0 Å². The van der Waals surface area contributed by atoms with Gasteiger partial charge in [-0.2, -0.15) is 0 Å². The fraction of sp³-hybridized carbons (Fsp3) is 0.556. The molecule has 1 unspecified atom stereocenters. The Labute approximate surface area is 77.8 Å². The van der Waals surface area contributed by atoms with Crippen LogP contribution in [0.1, 0.15) is 4.88 Å². The molecular weight excluding hydrogens is 168 g/mol. The average molecular weight is 184 g/mol. The fourth-order valence-electron chi connectivity index (χ4n) is 1.24. The van der Waals surface area contributed by atoms with Gasteiger partial charge in [0.15, 0.2) is 0 Å². The number of thiophene rings is 1. The molecule has 68 valence electrons. The molecule has 1 rings (SSSR count). The van der Waals surface area contributed by atoms with Gasteiger partial charge in [0.25, 0.3) is 0 Å². The number of nitrogens with one attached hydrogen (secondary N) is 1. The number of hydrogen-bond acceptors (Lipinski definition) is 3. The smallest absolute Gasteiger partial charge is 0.00489 e. The van der Waals surface area contributed by atoms with E-state index in [1.54, 1.807) is 0 Å². The van der Waals surface area contributed by atoms with E-state index in [2.05, 4.69) is 22.8 Å². The van der Waals surface area contributed by atoms with Gasteiger partial charge < -0.3 is 11.1 Å². The lowest BCUT2D eigenvalue weighted by Crippen LogP contribution is -2.27. The summed E-state index contributed by atoms with van der Waals surface area (Å²) in [5, 5.41) is 5.27. The Morgan fingerprint density at radius 3 is 3.00 bits per heavy atom. The Morgan fingerprint density at radius 2 is 2.50 bits per heavy atom. The van der Waals surface area contributed by atoms with Gasteiger partial charge in [-0.3, -0.25) is 0 Å². The minimum absolute atomic E-state index is 0.577. The summed E-state index contributed by atoms with van der Waals surface area (Å²) in [6.45, 7) is 1.77. The van der Waals surface area contributed by atoms with Gasteiger partial charge in [0.2, 0.25) is 0 Å². The van der Waals surface area contributed by atoms with Crippen LogP contribution in [0, 0.1) is 5.92 Å². The quantitative estimate of drug-likeness (QED) is 0.719. The summed E-state index contributed by atoms with van der Waals surface area (Å²) in [5.74, 6) is 0.577. The minimum atomic E-state index is 0.577. The summed E-state index contributed by atoms with van der Waals surface area (Å²) in [5.41, 5.74) is 5.64. The zero-order valence-corrected chi connectivity index (χ0v) is 8.23. The van der Waals surface area contributed by atoms with Crippen LogP contribution in [-0.4, -0.2) is 20.1 Å². The first-order valence-corrected chi connectivity index (χ1v) is 5.11. The zero-order valence-electron chi connectivity index (χ0n) is 7.42. The van der Waals surface area contributed by atoms with Crippen molar-refractivity contribution in [1.82, 2.24) is 5.32 Å². The van der Waals surface area contributed by atoms with Crippen LogP contribution in [0.25, 0.3) is 0 Å². The molecule has 0 radical (unpaired) electrons. The summed E-state index contributed by atoms with van der Waals surface area (Å²) in [4.78, 5) is 1.43. The molecule has 1 heterocycles. The molecule has 0 aliphatic heterocycles. The van der Waals surface area contributed by atoms with Crippen LogP contribution in [-0.2, 0) is 6.42 Å². The third-order valence-corrected chi connectivity index (χ3v) is 2.79. The maximum atomic E-state index is 5.64. The molecule has 1 aromatic rings. The molecule has 0 aliphatic rings. The standard InChI is InChI=1S/C9H16N2S/c1-11-7-8(6-10)5-9-3-2-4-12-9/h2-4,8,11H,5-7,10H2,1H3. The SMILES string of the molecule is CNCC(CN)Cc1cccs1. The second kappa shape index (κ2) is 5.30. The highest BCUT2D eigenvalue weighted by Gasteiger charge is 2.06. The molecule has 12 heavy (non-hydrogen) atoms. The van der Waals surface area contributed by atoms with E-state index < -0.39 is 0 Å². The van der Waals surface area contributed by atoms with Crippen LogP contribution < -0.4 is 11.1 Å². The number of nitrogens with two attached hydrogens (primary N) is 1. The average Bonchev–Trinajstić information content (AvgIpc) is 2.56. The number of rotatable bonds is 5. The van der Waals surface area contributed by atoms with Crippen LogP contribution in [0.2, 0.25) is 0 Å². The van der Waals surface area contributed by atoms with Crippen molar-refractivity contribution in [2.75, 3.05) is 20.1 Å². The third kappa shape index (κ3) is 2.93. The first-order valence-electron chi connectivity index (χ1n) is 4.24. The van der Waals surface area contributed by atoms with Crippen molar-refractivity contribution in [1.29, 1.82) is 0 Å². The molecule has 0 saturated heterocycles. The van der Waals surface area contributed by atoms with E-state index in [1.807, 2.05) is 18.4 Å². The van der Waals surface area contributed by atoms with E-state index in [1.165, 1.54) is 4.88 Å². The topological polar surface area (TPSA) is 38.0 Å². The molecular formula is C9H16N2S. The monoisotopic (exact) mass is 184 g/mol. The molecule has 1 atom stereocenters. The minimum Gasteiger partial charge on any atom is -0.330 e. The van der Waals surface area contributed by atoms with Gasteiger partial charge in [0.1, 0.15) is 0 Å². The van der Waals surface area contributed by atoms with Crippen LogP contribution in [0.5, 0.6) is 0 Å². The van der Waals surface area contributed by atoms with Gasteiger partial charge in [0.05, 0.1) is 0 Å². The molecule has 2 nitrogen and oxygen atoms in total. The first-order chi connectivity index (χ1) is 5.86. The predicted molar refractivity (Wildman–Crippen MR) is 54.5 cm³/mol. The Balaban J connectivity index is 2.37. The maximum absolute atomic E-state index is 5.64. The van der Waals surface area contributed by atoms with E-state index in [4.69, 9.17) is 5.73 Å². The highest BCUT2D eigenvalue weighted by atomic mass is 32.1. The van der Waals surface area contributed by atoms with E-state index in [0.717, 1.165) is 19.5 Å². The Bertz CT molecular complexity index is 196. The summed E-state index contributed by atoms with van der Waals surface area (Å²) >= 11 is 1.81. The lowest BCUT2D eigenvalue weighted by Gasteiger charge is -2.12. The Hall–Kier alpha value is -0.380. The molecule has 0 aromatic carbocycles. The Kier molecular flexibility index (Phi) is 4.29. The molecule has 0 spiro atoms. The van der Waals surface area contributed by atoms with Crippen molar-refractivity contribution in [2.24, 2.45) is 11.7 Å². The summed E-state index contributed by atoms with van der Waals surface area (Å²) < 4.78 is 0.